The summed E-state index contributed by atoms with van der Waals surface area (Å²) in [6, 6.07) is 6.13. The summed E-state index contributed by atoms with van der Waals surface area (Å²) in [7, 11) is 0. The second-order valence-corrected chi connectivity index (χ2v) is 7.03. The van der Waals surface area contributed by atoms with Crippen LogP contribution >= 0.6 is 0 Å². The van der Waals surface area contributed by atoms with Gasteiger partial charge in [-0.15, -0.1) is 0 Å². The lowest BCUT2D eigenvalue weighted by atomic mass is 10.1. The van der Waals surface area contributed by atoms with Gasteiger partial charge in [-0.25, -0.2) is 9.67 Å². The lowest BCUT2D eigenvalue weighted by molar-refractivity contribution is 0.364. The molecule has 1 aromatic carbocycles. The first-order valence-electron chi connectivity index (χ1n) is 9.38. The SMILES string of the molecule is CCCCc1noc(Cn2cnc3c(cnn3-c3cc(C)cc(C)c3)c2=O)n1. The van der Waals surface area contributed by atoms with E-state index in [9.17, 15) is 4.79 Å². The summed E-state index contributed by atoms with van der Waals surface area (Å²) in [5.74, 6) is 1.07. The highest BCUT2D eigenvalue weighted by atomic mass is 16.5. The zero-order valence-corrected chi connectivity index (χ0v) is 16.2. The van der Waals surface area contributed by atoms with Crippen LogP contribution in [0.5, 0.6) is 0 Å². The Morgan fingerprint density at radius 2 is 1.93 bits per heavy atom. The van der Waals surface area contributed by atoms with Gasteiger partial charge in [0, 0.05) is 6.42 Å². The zero-order chi connectivity index (χ0) is 19.7. The van der Waals surface area contributed by atoms with Crippen molar-refractivity contribution < 1.29 is 4.52 Å². The van der Waals surface area contributed by atoms with Crippen LogP contribution in [0, 0.1) is 13.8 Å². The van der Waals surface area contributed by atoms with Crippen LogP contribution in [0.2, 0.25) is 0 Å². The van der Waals surface area contributed by atoms with Gasteiger partial charge in [-0.3, -0.25) is 9.36 Å². The van der Waals surface area contributed by atoms with Gasteiger partial charge in [0.15, 0.2) is 11.5 Å². The molecule has 0 aliphatic heterocycles. The number of aromatic nitrogens is 6. The minimum Gasteiger partial charge on any atom is -0.337 e. The van der Waals surface area contributed by atoms with Gasteiger partial charge in [-0.2, -0.15) is 10.1 Å². The largest absolute Gasteiger partial charge is 0.337 e. The Morgan fingerprint density at radius 1 is 1.14 bits per heavy atom. The minimum absolute atomic E-state index is 0.186. The number of fused-ring (bicyclic) bond motifs is 1. The minimum atomic E-state index is -0.186. The van der Waals surface area contributed by atoms with E-state index < -0.39 is 0 Å². The summed E-state index contributed by atoms with van der Waals surface area (Å²) < 4.78 is 8.42. The maximum absolute atomic E-state index is 12.9. The van der Waals surface area contributed by atoms with Crippen molar-refractivity contribution in [3.8, 4) is 5.69 Å². The number of hydrogen-bond donors (Lipinski definition) is 0. The van der Waals surface area contributed by atoms with E-state index in [-0.39, 0.29) is 12.1 Å². The number of nitrogens with zero attached hydrogens (tertiary/aromatic N) is 6. The molecule has 0 saturated carbocycles. The van der Waals surface area contributed by atoms with E-state index in [0.717, 1.165) is 36.1 Å². The maximum Gasteiger partial charge on any atom is 0.264 e. The lowest BCUT2D eigenvalue weighted by Crippen LogP contribution is -2.21. The van der Waals surface area contributed by atoms with E-state index in [0.29, 0.717) is 22.7 Å². The molecule has 0 fully saturated rings. The fourth-order valence-electron chi connectivity index (χ4n) is 3.26. The second kappa shape index (κ2) is 7.38. The van der Waals surface area contributed by atoms with Crippen LogP contribution in [0.4, 0.5) is 0 Å². The highest BCUT2D eigenvalue weighted by Gasteiger charge is 2.14. The molecule has 0 unspecified atom stereocenters. The second-order valence-electron chi connectivity index (χ2n) is 7.03. The van der Waals surface area contributed by atoms with Gasteiger partial charge in [0.25, 0.3) is 5.56 Å². The van der Waals surface area contributed by atoms with Crippen molar-refractivity contribution in [2.24, 2.45) is 0 Å². The summed E-state index contributed by atoms with van der Waals surface area (Å²) in [5, 5.41) is 8.80. The first kappa shape index (κ1) is 18.1. The van der Waals surface area contributed by atoms with Gasteiger partial charge in [-0.05, 0) is 43.5 Å². The Kier molecular flexibility index (Phi) is 4.77. The Bertz CT molecular complexity index is 1170. The summed E-state index contributed by atoms with van der Waals surface area (Å²) in [6.45, 7) is 6.36. The third kappa shape index (κ3) is 3.45. The molecule has 144 valence electrons. The molecule has 3 aromatic heterocycles. The fraction of sp³-hybridized carbons (Fsp3) is 0.350. The number of rotatable bonds is 6. The predicted octanol–water partition coefficient (Wildman–Crippen LogP) is 2.97. The summed E-state index contributed by atoms with van der Waals surface area (Å²) in [4.78, 5) is 21.7. The topological polar surface area (TPSA) is 91.6 Å². The zero-order valence-electron chi connectivity index (χ0n) is 16.2. The van der Waals surface area contributed by atoms with Crippen LogP contribution in [0.3, 0.4) is 0 Å². The first-order valence-corrected chi connectivity index (χ1v) is 9.38. The van der Waals surface area contributed by atoms with E-state index in [1.54, 1.807) is 10.9 Å². The monoisotopic (exact) mass is 378 g/mol. The molecule has 8 nitrogen and oxygen atoms in total. The smallest absolute Gasteiger partial charge is 0.264 e. The molecular formula is C20H22N6O2. The molecule has 0 saturated heterocycles. The van der Waals surface area contributed by atoms with Gasteiger partial charge in [0.2, 0.25) is 5.89 Å². The van der Waals surface area contributed by atoms with Gasteiger partial charge in [0.1, 0.15) is 18.3 Å². The fourth-order valence-corrected chi connectivity index (χ4v) is 3.26. The highest BCUT2D eigenvalue weighted by Crippen LogP contribution is 2.17. The average Bonchev–Trinajstić information content (AvgIpc) is 3.28. The molecule has 0 amide bonds. The van der Waals surface area contributed by atoms with Gasteiger partial charge >= 0.3 is 0 Å². The summed E-state index contributed by atoms with van der Waals surface area (Å²) >= 11 is 0. The number of hydrogen-bond acceptors (Lipinski definition) is 6. The predicted molar refractivity (Wildman–Crippen MR) is 105 cm³/mol. The van der Waals surface area contributed by atoms with E-state index in [2.05, 4.69) is 33.2 Å². The molecule has 0 spiro atoms. The molecule has 0 radical (unpaired) electrons. The van der Waals surface area contributed by atoms with Crippen molar-refractivity contribution in [2.45, 2.75) is 46.6 Å². The summed E-state index contributed by atoms with van der Waals surface area (Å²) in [5.41, 5.74) is 3.48. The van der Waals surface area contributed by atoms with Crippen molar-refractivity contribution in [3.05, 3.63) is 63.9 Å². The van der Waals surface area contributed by atoms with Crippen LogP contribution in [0.15, 0.2) is 40.0 Å². The molecule has 4 aromatic rings. The Labute approximate surface area is 161 Å². The van der Waals surface area contributed by atoms with Crippen LogP contribution in [-0.2, 0) is 13.0 Å². The van der Waals surface area contributed by atoms with Crippen LogP contribution in [0.25, 0.3) is 16.7 Å². The van der Waals surface area contributed by atoms with Gasteiger partial charge in [-0.1, -0.05) is 24.6 Å². The van der Waals surface area contributed by atoms with Crippen molar-refractivity contribution in [1.82, 2.24) is 29.5 Å². The van der Waals surface area contributed by atoms with Gasteiger partial charge in [0.05, 0.1) is 11.9 Å². The van der Waals surface area contributed by atoms with Crippen LogP contribution in [0.1, 0.15) is 42.6 Å². The Balaban J connectivity index is 1.67. The number of benzene rings is 1. The molecule has 4 rings (SSSR count). The standard InChI is InChI=1S/C20H22N6O2/c1-4-5-6-17-23-18(28-24-17)11-25-12-21-19-16(20(25)27)10-22-26(19)15-8-13(2)7-14(3)9-15/h7-10,12H,4-6,11H2,1-3H3. The Hall–Kier alpha value is -3.29. The maximum atomic E-state index is 12.9. The molecule has 3 heterocycles. The van der Waals surface area contributed by atoms with Crippen molar-refractivity contribution in [2.75, 3.05) is 0 Å². The molecule has 0 aliphatic carbocycles. The number of aryl methyl sites for hydroxylation is 3. The Morgan fingerprint density at radius 3 is 2.68 bits per heavy atom. The van der Waals surface area contributed by atoms with Crippen molar-refractivity contribution in [1.29, 1.82) is 0 Å². The van der Waals surface area contributed by atoms with E-state index in [4.69, 9.17) is 4.52 Å². The molecule has 0 bridgehead atoms. The average molecular weight is 378 g/mol. The van der Waals surface area contributed by atoms with Crippen molar-refractivity contribution >= 4 is 11.0 Å². The third-order valence-corrected chi connectivity index (χ3v) is 4.58. The molecule has 0 aliphatic rings. The normalized spacial score (nSPS) is 11.4. The van der Waals surface area contributed by atoms with E-state index >= 15 is 0 Å². The quantitative estimate of drug-likeness (QED) is 0.512. The van der Waals surface area contributed by atoms with Crippen LogP contribution < -0.4 is 5.56 Å². The number of unbranched alkanes of at least 4 members (excludes halogenated alkanes) is 1. The highest BCUT2D eigenvalue weighted by molar-refractivity contribution is 5.75. The van der Waals surface area contributed by atoms with Crippen LogP contribution in [-0.4, -0.2) is 29.5 Å². The first-order chi connectivity index (χ1) is 13.5. The summed E-state index contributed by atoms with van der Waals surface area (Å²) in [6.07, 6.45) is 5.90. The molecule has 8 heteroatoms. The van der Waals surface area contributed by atoms with Gasteiger partial charge < -0.3 is 4.52 Å². The third-order valence-electron chi connectivity index (χ3n) is 4.58. The van der Waals surface area contributed by atoms with Crippen molar-refractivity contribution in [3.63, 3.8) is 0 Å². The molecule has 28 heavy (non-hydrogen) atoms. The molecular weight excluding hydrogens is 356 g/mol. The van der Waals surface area contributed by atoms with E-state index in [1.165, 1.54) is 10.9 Å². The molecule has 0 N–H and O–H groups in total. The molecule has 0 atom stereocenters. The van der Waals surface area contributed by atoms with E-state index in [1.807, 2.05) is 26.0 Å². The lowest BCUT2D eigenvalue weighted by Gasteiger charge is -2.06.